The molecule has 31 heavy (non-hydrogen) atoms. The number of carbonyl (C=O) groups is 1. The van der Waals surface area contributed by atoms with Crippen LogP contribution >= 0.6 is 0 Å². The summed E-state index contributed by atoms with van der Waals surface area (Å²) in [6.45, 7) is 6.44. The second-order valence-electron chi connectivity index (χ2n) is 6.90. The van der Waals surface area contributed by atoms with Crippen LogP contribution < -0.4 is 0 Å². The van der Waals surface area contributed by atoms with Gasteiger partial charge >= 0.3 is 5.97 Å². The van der Waals surface area contributed by atoms with Gasteiger partial charge in [-0.1, -0.05) is 23.4 Å². The van der Waals surface area contributed by atoms with Gasteiger partial charge in [0.15, 0.2) is 0 Å². The van der Waals surface area contributed by atoms with E-state index in [2.05, 4.69) is 29.2 Å². The van der Waals surface area contributed by atoms with Crippen LogP contribution in [0.15, 0.2) is 58.6 Å². The number of ether oxygens (including phenoxy) is 1. The number of methoxy groups -OCH3 is 1. The second-order valence-corrected chi connectivity index (χ2v) is 6.90. The number of carboxylic acid groups (broad SMARTS) is 1. The van der Waals surface area contributed by atoms with Crippen molar-refractivity contribution in [3.8, 4) is 22.8 Å². The van der Waals surface area contributed by atoms with Gasteiger partial charge < -0.3 is 14.4 Å². The van der Waals surface area contributed by atoms with E-state index in [1.807, 2.05) is 32.0 Å². The van der Waals surface area contributed by atoms with Crippen molar-refractivity contribution in [3.05, 3.63) is 76.6 Å². The number of benzene rings is 2. The van der Waals surface area contributed by atoms with Crippen LogP contribution in [0.3, 0.4) is 0 Å². The van der Waals surface area contributed by atoms with Crippen molar-refractivity contribution in [2.45, 2.75) is 27.4 Å². The average molecular weight is 422 g/mol. The quantitative estimate of drug-likeness (QED) is 0.488. The standard InChI is InChI=1S/C24H23FN2O4/c1-5-14(3)18(6-2)19-9-8-16(11-17(19)13-30-4)23-26-22(27-31-23)15-7-10-20(24(28)29)21(25)12-15/h5-12H,13H2,1-4H3,(H,28,29)/b14-5-,18-6+. The summed E-state index contributed by atoms with van der Waals surface area (Å²) in [5, 5.41) is 12.9. The van der Waals surface area contributed by atoms with Gasteiger partial charge in [-0.2, -0.15) is 4.98 Å². The third-order valence-electron chi connectivity index (χ3n) is 4.97. The van der Waals surface area contributed by atoms with E-state index >= 15 is 0 Å². The lowest BCUT2D eigenvalue weighted by Crippen LogP contribution is -2.00. The number of nitrogens with zero attached hydrogens (tertiary/aromatic N) is 2. The van der Waals surface area contributed by atoms with Crippen molar-refractivity contribution in [1.82, 2.24) is 10.1 Å². The molecule has 2 aromatic carbocycles. The van der Waals surface area contributed by atoms with Gasteiger partial charge in [-0.05, 0) is 73.4 Å². The Hall–Kier alpha value is -3.58. The Labute approximate surface area is 179 Å². The van der Waals surface area contributed by atoms with Crippen molar-refractivity contribution in [2.75, 3.05) is 7.11 Å². The summed E-state index contributed by atoms with van der Waals surface area (Å²) in [5.41, 5.74) is 4.89. The van der Waals surface area contributed by atoms with E-state index in [0.29, 0.717) is 17.7 Å². The van der Waals surface area contributed by atoms with Gasteiger partial charge in [0.1, 0.15) is 5.82 Å². The van der Waals surface area contributed by atoms with Crippen LogP contribution in [-0.4, -0.2) is 28.3 Å². The number of aromatic nitrogens is 2. The van der Waals surface area contributed by atoms with Crippen LogP contribution in [0.2, 0.25) is 0 Å². The summed E-state index contributed by atoms with van der Waals surface area (Å²) in [6, 6.07) is 9.49. The van der Waals surface area contributed by atoms with Crippen molar-refractivity contribution >= 4 is 11.5 Å². The fourth-order valence-corrected chi connectivity index (χ4v) is 3.30. The molecular formula is C24H23FN2O4. The molecule has 7 heteroatoms. The SMILES string of the molecule is C/C=C(C)\C(=C/C)c1ccc(-c2nc(-c3ccc(C(=O)O)c(F)c3)no2)cc1COC. The van der Waals surface area contributed by atoms with Crippen LogP contribution in [0, 0.1) is 5.82 Å². The summed E-state index contributed by atoms with van der Waals surface area (Å²) >= 11 is 0. The highest BCUT2D eigenvalue weighted by molar-refractivity contribution is 5.88. The summed E-state index contributed by atoms with van der Waals surface area (Å²) in [5.74, 6) is -1.76. The van der Waals surface area contributed by atoms with E-state index in [4.69, 9.17) is 14.4 Å². The highest BCUT2D eigenvalue weighted by Gasteiger charge is 2.17. The normalized spacial score (nSPS) is 12.3. The Bertz CT molecular complexity index is 1180. The molecule has 0 unspecified atom stereocenters. The van der Waals surface area contributed by atoms with E-state index < -0.39 is 17.3 Å². The van der Waals surface area contributed by atoms with E-state index in [0.717, 1.165) is 28.3 Å². The largest absolute Gasteiger partial charge is 0.478 e. The maximum atomic E-state index is 14.0. The van der Waals surface area contributed by atoms with E-state index in [9.17, 15) is 9.18 Å². The Kier molecular flexibility index (Phi) is 6.77. The van der Waals surface area contributed by atoms with Crippen LogP contribution in [0.4, 0.5) is 4.39 Å². The zero-order valence-corrected chi connectivity index (χ0v) is 17.8. The molecule has 0 aliphatic rings. The lowest BCUT2D eigenvalue weighted by molar-refractivity contribution is 0.0692. The Morgan fingerprint density at radius 3 is 2.45 bits per heavy atom. The topological polar surface area (TPSA) is 85.5 Å². The maximum absolute atomic E-state index is 14.0. The molecule has 1 N–H and O–H groups in total. The van der Waals surface area contributed by atoms with Crippen LogP contribution in [0.5, 0.6) is 0 Å². The minimum absolute atomic E-state index is 0.169. The minimum atomic E-state index is -1.34. The van der Waals surface area contributed by atoms with Crippen LogP contribution in [-0.2, 0) is 11.3 Å². The molecule has 0 aliphatic carbocycles. The molecule has 0 spiro atoms. The highest BCUT2D eigenvalue weighted by atomic mass is 19.1. The predicted molar refractivity (Wildman–Crippen MR) is 116 cm³/mol. The van der Waals surface area contributed by atoms with Gasteiger partial charge in [0, 0.05) is 18.2 Å². The van der Waals surface area contributed by atoms with E-state index in [-0.39, 0.29) is 11.7 Å². The molecular weight excluding hydrogens is 399 g/mol. The number of carboxylic acids is 1. The third kappa shape index (κ3) is 4.62. The van der Waals surface area contributed by atoms with Crippen molar-refractivity contribution in [2.24, 2.45) is 0 Å². The third-order valence-corrected chi connectivity index (χ3v) is 4.97. The number of hydrogen-bond acceptors (Lipinski definition) is 5. The molecule has 0 saturated carbocycles. The molecule has 1 aromatic heterocycles. The summed E-state index contributed by atoms with van der Waals surface area (Å²) in [7, 11) is 1.63. The lowest BCUT2D eigenvalue weighted by Gasteiger charge is -2.14. The first-order valence-electron chi connectivity index (χ1n) is 9.68. The molecule has 0 saturated heterocycles. The number of aromatic carboxylic acids is 1. The summed E-state index contributed by atoms with van der Waals surface area (Å²) < 4.78 is 24.8. The fraction of sp³-hybridized carbons (Fsp3) is 0.208. The second kappa shape index (κ2) is 9.49. The molecule has 0 bridgehead atoms. The first kappa shape index (κ1) is 22.1. The van der Waals surface area contributed by atoms with E-state index in [1.54, 1.807) is 7.11 Å². The molecule has 0 atom stereocenters. The molecule has 160 valence electrons. The molecule has 6 nitrogen and oxygen atoms in total. The van der Waals surface area contributed by atoms with Gasteiger partial charge in [-0.25, -0.2) is 9.18 Å². The molecule has 0 radical (unpaired) electrons. The molecule has 0 fully saturated rings. The molecule has 3 rings (SSSR count). The first-order valence-corrected chi connectivity index (χ1v) is 9.68. The number of halogens is 1. The van der Waals surface area contributed by atoms with Gasteiger partial charge in [-0.15, -0.1) is 0 Å². The smallest absolute Gasteiger partial charge is 0.338 e. The summed E-state index contributed by atoms with van der Waals surface area (Å²) in [6.07, 6.45) is 4.11. The first-order chi connectivity index (χ1) is 14.9. The predicted octanol–water partition coefficient (Wildman–Crippen LogP) is 5.76. The number of hydrogen-bond donors (Lipinski definition) is 1. The van der Waals surface area contributed by atoms with Gasteiger partial charge in [0.05, 0.1) is 12.2 Å². The molecule has 0 amide bonds. The molecule has 3 aromatic rings. The summed E-state index contributed by atoms with van der Waals surface area (Å²) in [4.78, 5) is 15.3. The van der Waals surface area contributed by atoms with E-state index in [1.165, 1.54) is 12.1 Å². The Balaban J connectivity index is 1.99. The monoisotopic (exact) mass is 422 g/mol. The lowest BCUT2D eigenvalue weighted by atomic mass is 9.93. The van der Waals surface area contributed by atoms with Crippen molar-refractivity contribution in [3.63, 3.8) is 0 Å². The average Bonchev–Trinajstić information content (AvgIpc) is 3.25. The van der Waals surface area contributed by atoms with Crippen LogP contribution in [0.25, 0.3) is 28.4 Å². The maximum Gasteiger partial charge on any atom is 0.338 e. The van der Waals surface area contributed by atoms with Crippen molar-refractivity contribution < 1.29 is 23.6 Å². The highest BCUT2D eigenvalue weighted by Crippen LogP contribution is 2.31. The minimum Gasteiger partial charge on any atom is -0.478 e. The molecule has 1 heterocycles. The Morgan fingerprint density at radius 2 is 1.84 bits per heavy atom. The van der Waals surface area contributed by atoms with Crippen LogP contribution in [0.1, 0.15) is 42.3 Å². The zero-order valence-electron chi connectivity index (χ0n) is 17.8. The van der Waals surface area contributed by atoms with Crippen molar-refractivity contribution in [1.29, 1.82) is 0 Å². The van der Waals surface area contributed by atoms with Gasteiger partial charge in [0.25, 0.3) is 5.89 Å². The van der Waals surface area contributed by atoms with Gasteiger partial charge in [-0.3, -0.25) is 0 Å². The zero-order chi connectivity index (χ0) is 22.5. The molecule has 0 aliphatic heterocycles. The number of allylic oxidation sites excluding steroid dienone is 4. The Morgan fingerprint density at radius 1 is 1.13 bits per heavy atom. The number of rotatable bonds is 7. The fourth-order valence-electron chi connectivity index (χ4n) is 3.30. The van der Waals surface area contributed by atoms with Gasteiger partial charge in [0.2, 0.25) is 5.82 Å².